The fourth-order valence-electron chi connectivity index (χ4n) is 2.83. The van der Waals surface area contributed by atoms with Crippen molar-refractivity contribution >= 4 is 34.6 Å². The van der Waals surface area contributed by atoms with Gasteiger partial charge in [0.25, 0.3) is 0 Å². The molecule has 2 aromatic carbocycles. The molecule has 0 radical (unpaired) electrons. The summed E-state index contributed by atoms with van der Waals surface area (Å²) in [6.45, 7) is 3.90. The lowest BCUT2D eigenvalue weighted by molar-refractivity contribution is 0.518. The van der Waals surface area contributed by atoms with Gasteiger partial charge < -0.3 is 10.2 Å². The van der Waals surface area contributed by atoms with Gasteiger partial charge in [-0.2, -0.15) is 0 Å². The first kappa shape index (κ1) is 16.2. The molecule has 3 rings (SSSR count). The predicted octanol–water partition coefficient (Wildman–Crippen LogP) is 4.97. The van der Waals surface area contributed by atoms with Crippen LogP contribution >= 0.6 is 23.8 Å². The Kier molecular flexibility index (Phi) is 4.83. The standard InChI is InChI=1S/C18H18ClFN2S/c1-12-2-4-13(5-3-12)14-8-9-22(11-14)18(23)21-15-6-7-17(20)16(19)10-15/h2-7,10,14H,8-9,11H2,1H3,(H,21,23)/t14-/m1/s1. The van der Waals surface area contributed by atoms with E-state index in [2.05, 4.69) is 41.4 Å². The molecule has 1 N–H and O–H groups in total. The Morgan fingerprint density at radius 2 is 2.00 bits per heavy atom. The number of aryl methyl sites for hydroxylation is 1. The van der Waals surface area contributed by atoms with Crippen molar-refractivity contribution in [2.45, 2.75) is 19.3 Å². The van der Waals surface area contributed by atoms with E-state index in [9.17, 15) is 4.39 Å². The Morgan fingerprint density at radius 1 is 1.26 bits per heavy atom. The second-order valence-electron chi connectivity index (χ2n) is 5.90. The zero-order valence-electron chi connectivity index (χ0n) is 12.9. The van der Waals surface area contributed by atoms with Crippen LogP contribution in [0, 0.1) is 12.7 Å². The number of thiocarbonyl (C=S) groups is 1. The number of hydrogen-bond donors (Lipinski definition) is 1. The topological polar surface area (TPSA) is 15.3 Å². The molecule has 1 aliphatic rings. The first-order chi connectivity index (χ1) is 11.0. The van der Waals surface area contributed by atoms with Crippen LogP contribution in [0.2, 0.25) is 5.02 Å². The molecule has 5 heteroatoms. The van der Waals surface area contributed by atoms with Gasteiger partial charge in [-0.1, -0.05) is 41.4 Å². The smallest absolute Gasteiger partial charge is 0.173 e. The number of likely N-dealkylation sites (tertiary alicyclic amines) is 1. The lowest BCUT2D eigenvalue weighted by atomic mass is 9.98. The number of nitrogens with zero attached hydrogens (tertiary/aromatic N) is 1. The average molecular weight is 349 g/mol. The van der Waals surface area contributed by atoms with Crippen LogP contribution in [0.15, 0.2) is 42.5 Å². The third-order valence-electron chi connectivity index (χ3n) is 4.20. The van der Waals surface area contributed by atoms with Crippen molar-refractivity contribution in [1.29, 1.82) is 0 Å². The molecule has 1 atom stereocenters. The molecule has 0 saturated carbocycles. The highest BCUT2D eigenvalue weighted by Crippen LogP contribution is 2.28. The Balaban J connectivity index is 1.63. The highest BCUT2D eigenvalue weighted by molar-refractivity contribution is 7.80. The second-order valence-corrected chi connectivity index (χ2v) is 6.70. The summed E-state index contributed by atoms with van der Waals surface area (Å²) < 4.78 is 13.2. The third kappa shape index (κ3) is 3.82. The van der Waals surface area contributed by atoms with E-state index in [4.69, 9.17) is 23.8 Å². The number of hydrogen-bond acceptors (Lipinski definition) is 1. The van der Waals surface area contributed by atoms with E-state index in [1.807, 2.05) is 0 Å². The van der Waals surface area contributed by atoms with E-state index in [-0.39, 0.29) is 5.02 Å². The number of halogens is 2. The van der Waals surface area contributed by atoms with Gasteiger partial charge in [0.1, 0.15) is 5.82 Å². The maximum atomic E-state index is 13.2. The molecule has 1 aliphatic heterocycles. The Labute approximate surface area is 146 Å². The average Bonchev–Trinajstić information content (AvgIpc) is 3.02. The molecule has 0 amide bonds. The summed E-state index contributed by atoms with van der Waals surface area (Å²) >= 11 is 11.3. The van der Waals surface area contributed by atoms with Gasteiger partial charge in [0.2, 0.25) is 0 Å². The first-order valence-corrected chi connectivity index (χ1v) is 8.39. The lowest BCUT2D eigenvalue weighted by Crippen LogP contribution is -2.32. The van der Waals surface area contributed by atoms with Crippen molar-refractivity contribution in [2.75, 3.05) is 18.4 Å². The van der Waals surface area contributed by atoms with Crippen LogP contribution in [0.4, 0.5) is 10.1 Å². The molecule has 2 nitrogen and oxygen atoms in total. The molecule has 1 saturated heterocycles. The van der Waals surface area contributed by atoms with Crippen molar-refractivity contribution in [3.63, 3.8) is 0 Å². The van der Waals surface area contributed by atoms with Gasteiger partial charge in [-0.25, -0.2) is 4.39 Å². The number of anilines is 1. The van der Waals surface area contributed by atoms with E-state index in [0.29, 0.717) is 16.7 Å². The lowest BCUT2D eigenvalue weighted by Gasteiger charge is -2.21. The molecule has 1 fully saturated rings. The minimum absolute atomic E-state index is 0.0942. The number of rotatable bonds is 2. The van der Waals surface area contributed by atoms with Gasteiger partial charge in [0.15, 0.2) is 5.11 Å². The van der Waals surface area contributed by atoms with Crippen molar-refractivity contribution in [2.24, 2.45) is 0 Å². The molecule has 2 aromatic rings. The summed E-state index contributed by atoms with van der Waals surface area (Å²) in [4.78, 5) is 2.15. The van der Waals surface area contributed by atoms with E-state index in [0.717, 1.165) is 19.5 Å². The zero-order chi connectivity index (χ0) is 16.4. The summed E-state index contributed by atoms with van der Waals surface area (Å²) in [7, 11) is 0. The monoisotopic (exact) mass is 348 g/mol. The van der Waals surface area contributed by atoms with Crippen LogP contribution in [0.5, 0.6) is 0 Å². The molecule has 0 aliphatic carbocycles. The van der Waals surface area contributed by atoms with Crippen LogP contribution in [0.25, 0.3) is 0 Å². The Bertz CT molecular complexity index is 717. The van der Waals surface area contributed by atoms with Gasteiger partial charge in [-0.3, -0.25) is 0 Å². The predicted molar refractivity (Wildman–Crippen MR) is 97.7 cm³/mol. The molecular weight excluding hydrogens is 331 g/mol. The fourth-order valence-corrected chi connectivity index (χ4v) is 3.30. The molecular formula is C18H18ClFN2S. The van der Waals surface area contributed by atoms with Gasteiger partial charge in [-0.15, -0.1) is 0 Å². The van der Waals surface area contributed by atoms with Gasteiger partial charge >= 0.3 is 0 Å². The summed E-state index contributed by atoms with van der Waals surface area (Å²) in [5, 5.41) is 3.89. The highest BCUT2D eigenvalue weighted by Gasteiger charge is 2.25. The van der Waals surface area contributed by atoms with Gasteiger partial charge in [-0.05, 0) is 49.3 Å². The van der Waals surface area contributed by atoms with Crippen LogP contribution < -0.4 is 5.32 Å². The number of nitrogens with one attached hydrogen (secondary N) is 1. The first-order valence-electron chi connectivity index (χ1n) is 7.60. The maximum absolute atomic E-state index is 13.2. The van der Waals surface area contributed by atoms with Crippen LogP contribution in [-0.4, -0.2) is 23.1 Å². The minimum Gasteiger partial charge on any atom is -0.348 e. The SMILES string of the molecule is Cc1ccc([C@@H]2CCN(C(=S)Nc3ccc(F)c(Cl)c3)C2)cc1. The fraction of sp³-hybridized carbons (Fsp3) is 0.278. The van der Waals surface area contributed by atoms with Crippen molar-refractivity contribution in [3.05, 3.63) is 64.4 Å². The summed E-state index contributed by atoms with van der Waals surface area (Å²) in [6.07, 6.45) is 1.08. The van der Waals surface area contributed by atoms with E-state index in [1.165, 1.54) is 17.2 Å². The summed E-state index contributed by atoms with van der Waals surface area (Å²) in [6, 6.07) is 13.2. The zero-order valence-corrected chi connectivity index (χ0v) is 14.4. The third-order valence-corrected chi connectivity index (χ3v) is 4.84. The van der Waals surface area contributed by atoms with Crippen molar-refractivity contribution < 1.29 is 4.39 Å². The van der Waals surface area contributed by atoms with Crippen LogP contribution in [-0.2, 0) is 0 Å². The van der Waals surface area contributed by atoms with Crippen molar-refractivity contribution in [1.82, 2.24) is 4.90 Å². The summed E-state index contributed by atoms with van der Waals surface area (Å²) in [5.74, 6) is 0.0656. The molecule has 0 bridgehead atoms. The Morgan fingerprint density at radius 3 is 2.70 bits per heavy atom. The normalized spacial score (nSPS) is 17.3. The molecule has 0 aromatic heterocycles. The largest absolute Gasteiger partial charge is 0.348 e. The molecule has 0 unspecified atom stereocenters. The highest BCUT2D eigenvalue weighted by atomic mass is 35.5. The van der Waals surface area contributed by atoms with Crippen molar-refractivity contribution in [3.8, 4) is 0 Å². The molecule has 120 valence electrons. The maximum Gasteiger partial charge on any atom is 0.173 e. The van der Waals surface area contributed by atoms with E-state index >= 15 is 0 Å². The van der Waals surface area contributed by atoms with E-state index < -0.39 is 5.82 Å². The second kappa shape index (κ2) is 6.85. The molecule has 0 spiro atoms. The van der Waals surface area contributed by atoms with Gasteiger partial charge in [0.05, 0.1) is 5.02 Å². The van der Waals surface area contributed by atoms with Crippen LogP contribution in [0.1, 0.15) is 23.5 Å². The quantitative estimate of drug-likeness (QED) is 0.771. The number of benzene rings is 2. The Hall–Kier alpha value is -1.65. The summed E-state index contributed by atoms with van der Waals surface area (Å²) in [5.41, 5.74) is 3.33. The van der Waals surface area contributed by atoms with E-state index in [1.54, 1.807) is 12.1 Å². The molecule has 23 heavy (non-hydrogen) atoms. The van der Waals surface area contributed by atoms with Crippen LogP contribution in [0.3, 0.4) is 0 Å². The van der Waals surface area contributed by atoms with Gasteiger partial charge in [0, 0.05) is 24.7 Å². The molecule has 1 heterocycles. The minimum atomic E-state index is -0.427.